The highest BCUT2D eigenvalue weighted by atomic mass is 16.6. The number of ketones is 1. The maximum Gasteiger partial charge on any atom is 0.181 e. The van der Waals surface area contributed by atoms with Gasteiger partial charge >= 0.3 is 0 Å². The molecule has 0 amide bonds. The second kappa shape index (κ2) is 5.50. The van der Waals surface area contributed by atoms with E-state index in [1.165, 1.54) is 0 Å². The van der Waals surface area contributed by atoms with Crippen LogP contribution in [0.1, 0.15) is 34.8 Å². The second-order valence-electron chi connectivity index (χ2n) is 8.58. The molecule has 3 aliphatic heterocycles. The van der Waals surface area contributed by atoms with Gasteiger partial charge in [-0.2, -0.15) is 0 Å². The fourth-order valence-electron chi connectivity index (χ4n) is 5.26. The lowest BCUT2D eigenvalue weighted by Crippen LogP contribution is -2.47. The first-order chi connectivity index (χ1) is 14.4. The second-order valence-corrected chi connectivity index (χ2v) is 8.58. The van der Waals surface area contributed by atoms with Gasteiger partial charge in [0.1, 0.15) is 35.4 Å². The number of carbonyl (C=O) groups is 1. The van der Waals surface area contributed by atoms with E-state index in [1.807, 2.05) is 25.1 Å². The molecule has 0 saturated heterocycles. The summed E-state index contributed by atoms with van der Waals surface area (Å²) >= 11 is 0. The molecule has 0 bridgehead atoms. The normalized spacial score (nSPS) is 29.0. The summed E-state index contributed by atoms with van der Waals surface area (Å²) in [6, 6.07) is 7.35. The third kappa shape index (κ3) is 1.92. The molecule has 2 unspecified atom stereocenters. The van der Waals surface area contributed by atoms with E-state index in [1.54, 1.807) is 20.3 Å². The van der Waals surface area contributed by atoms with Crippen LogP contribution in [0.15, 0.2) is 36.4 Å². The van der Waals surface area contributed by atoms with Gasteiger partial charge in [0.15, 0.2) is 22.9 Å². The van der Waals surface area contributed by atoms with Crippen LogP contribution >= 0.6 is 0 Å². The van der Waals surface area contributed by atoms with E-state index >= 15 is 0 Å². The highest BCUT2D eigenvalue weighted by Crippen LogP contribution is 2.69. The summed E-state index contributed by atoms with van der Waals surface area (Å²) in [4.78, 5) is 13.9. The predicted octanol–water partition coefficient (Wildman–Crippen LogP) is 3.63. The highest BCUT2D eigenvalue weighted by Gasteiger charge is 2.80. The fourth-order valence-corrected chi connectivity index (χ4v) is 5.26. The van der Waals surface area contributed by atoms with Crippen molar-refractivity contribution in [3.05, 3.63) is 53.1 Å². The minimum atomic E-state index is -0.755. The number of ether oxygens (including phenoxy) is 5. The molecule has 2 aromatic rings. The molecule has 1 saturated carbocycles. The number of rotatable bonds is 3. The van der Waals surface area contributed by atoms with Crippen molar-refractivity contribution in [3.63, 3.8) is 0 Å². The van der Waals surface area contributed by atoms with E-state index in [2.05, 4.69) is 6.58 Å². The molecule has 30 heavy (non-hydrogen) atoms. The van der Waals surface area contributed by atoms with Crippen LogP contribution in [0.25, 0.3) is 0 Å². The van der Waals surface area contributed by atoms with Crippen LogP contribution in [0.5, 0.6) is 28.7 Å². The van der Waals surface area contributed by atoms with Gasteiger partial charge in [0.2, 0.25) is 0 Å². The molecule has 1 aliphatic carbocycles. The number of Topliss-reactive ketones (excluding diaryl/α,β-unsaturated/α-hetero) is 1. The fraction of sp³-hybridized carbons (Fsp3) is 0.375. The first-order valence-corrected chi connectivity index (χ1v) is 10.0. The lowest BCUT2D eigenvalue weighted by Gasteiger charge is -2.37. The summed E-state index contributed by atoms with van der Waals surface area (Å²) in [5.74, 6) is 3.27. The molecule has 0 spiro atoms. The average molecular weight is 406 g/mol. The molecule has 6 nitrogen and oxygen atoms in total. The van der Waals surface area contributed by atoms with Gasteiger partial charge in [-0.3, -0.25) is 4.79 Å². The number of methoxy groups -OCH3 is 2. The summed E-state index contributed by atoms with van der Waals surface area (Å²) in [6.45, 7) is 6.28. The maximum atomic E-state index is 13.9. The van der Waals surface area contributed by atoms with Gasteiger partial charge in [0, 0.05) is 30.0 Å². The molecule has 0 radical (unpaired) electrons. The quantitative estimate of drug-likeness (QED) is 0.726. The van der Waals surface area contributed by atoms with Crippen molar-refractivity contribution in [2.24, 2.45) is 0 Å². The zero-order chi connectivity index (χ0) is 20.8. The number of hydrogen-bond acceptors (Lipinski definition) is 6. The van der Waals surface area contributed by atoms with E-state index in [0.29, 0.717) is 48.0 Å². The van der Waals surface area contributed by atoms with Crippen molar-refractivity contribution < 1.29 is 28.5 Å². The Bertz CT molecular complexity index is 1150. The van der Waals surface area contributed by atoms with Crippen LogP contribution in [-0.4, -0.2) is 38.3 Å². The monoisotopic (exact) mass is 406 g/mol. The van der Waals surface area contributed by atoms with Gasteiger partial charge < -0.3 is 23.7 Å². The van der Waals surface area contributed by atoms with Crippen LogP contribution in [0.3, 0.4) is 0 Å². The van der Waals surface area contributed by atoms with E-state index in [0.717, 1.165) is 22.4 Å². The Labute approximate surface area is 174 Å². The van der Waals surface area contributed by atoms with E-state index in [4.69, 9.17) is 23.7 Å². The van der Waals surface area contributed by atoms with Gasteiger partial charge in [-0.1, -0.05) is 6.58 Å². The lowest BCUT2D eigenvalue weighted by molar-refractivity contribution is 0.0493. The van der Waals surface area contributed by atoms with Gasteiger partial charge in [-0.25, -0.2) is 0 Å². The molecule has 6 rings (SSSR count). The van der Waals surface area contributed by atoms with E-state index in [9.17, 15) is 4.79 Å². The van der Waals surface area contributed by atoms with Gasteiger partial charge in [0.25, 0.3) is 0 Å². The van der Waals surface area contributed by atoms with Crippen LogP contribution in [-0.2, 0) is 11.8 Å². The summed E-state index contributed by atoms with van der Waals surface area (Å²) < 4.78 is 29.5. The SMILES string of the molecule is C=C(C)[C@H]1Cc2c(ccc3c2OC24COc5cc(OC)c(OC)cc5C2(C4)C3=O)O1. The lowest BCUT2D eigenvalue weighted by atomic mass is 9.79. The van der Waals surface area contributed by atoms with Gasteiger partial charge in [-0.05, 0) is 30.7 Å². The Morgan fingerprint density at radius 3 is 2.67 bits per heavy atom. The number of benzene rings is 2. The summed E-state index contributed by atoms with van der Waals surface area (Å²) in [7, 11) is 3.17. The minimum absolute atomic E-state index is 0.0714. The number of carbonyl (C=O) groups excluding carboxylic acids is 1. The number of hydrogen-bond donors (Lipinski definition) is 0. The molecule has 3 atom stereocenters. The molecular weight excluding hydrogens is 384 g/mol. The van der Waals surface area contributed by atoms with Gasteiger partial charge in [0.05, 0.1) is 19.8 Å². The van der Waals surface area contributed by atoms with Crippen LogP contribution in [0.2, 0.25) is 0 Å². The van der Waals surface area contributed by atoms with Crippen molar-refractivity contribution in [1.29, 1.82) is 0 Å². The molecule has 154 valence electrons. The topological polar surface area (TPSA) is 63.2 Å². The first kappa shape index (κ1) is 17.7. The average Bonchev–Trinajstić information content (AvgIpc) is 3.25. The number of fused-ring (bicyclic) bond motifs is 4. The zero-order valence-electron chi connectivity index (χ0n) is 17.2. The van der Waals surface area contributed by atoms with Crippen LogP contribution in [0.4, 0.5) is 0 Å². The smallest absolute Gasteiger partial charge is 0.181 e. The third-order valence-electron chi connectivity index (χ3n) is 6.97. The van der Waals surface area contributed by atoms with E-state index < -0.39 is 11.0 Å². The highest BCUT2D eigenvalue weighted by molar-refractivity contribution is 6.12. The molecular formula is C24H22O6. The molecule has 1 fully saturated rings. The Hall–Kier alpha value is -3.15. The summed E-state index contributed by atoms with van der Waals surface area (Å²) in [5, 5.41) is 0. The van der Waals surface area contributed by atoms with Gasteiger partial charge in [-0.15, -0.1) is 0 Å². The Balaban J connectivity index is 1.50. The Morgan fingerprint density at radius 1 is 1.17 bits per heavy atom. The van der Waals surface area contributed by atoms with Crippen molar-refractivity contribution in [1.82, 2.24) is 0 Å². The van der Waals surface area contributed by atoms with Crippen LogP contribution in [0, 0.1) is 0 Å². The molecule has 0 N–H and O–H groups in total. The molecule has 4 aliphatic rings. The van der Waals surface area contributed by atoms with Crippen molar-refractivity contribution in [2.75, 3.05) is 20.8 Å². The summed E-state index contributed by atoms with van der Waals surface area (Å²) in [5.41, 5.74) is 1.86. The zero-order valence-corrected chi connectivity index (χ0v) is 17.2. The molecule has 0 aromatic heterocycles. The Kier molecular flexibility index (Phi) is 3.25. The maximum absolute atomic E-state index is 13.9. The van der Waals surface area contributed by atoms with E-state index in [-0.39, 0.29) is 11.9 Å². The third-order valence-corrected chi connectivity index (χ3v) is 6.97. The summed E-state index contributed by atoms with van der Waals surface area (Å²) in [6.07, 6.45) is 1.15. The van der Waals surface area contributed by atoms with Crippen molar-refractivity contribution >= 4 is 5.78 Å². The minimum Gasteiger partial charge on any atom is -0.493 e. The molecule has 2 aromatic carbocycles. The predicted molar refractivity (Wildman–Crippen MR) is 108 cm³/mol. The van der Waals surface area contributed by atoms with Crippen molar-refractivity contribution in [3.8, 4) is 28.7 Å². The van der Waals surface area contributed by atoms with Crippen LogP contribution < -0.4 is 23.7 Å². The standard InChI is InChI=1S/C24H22O6/c1-12(2)17-7-14-16(29-17)6-5-13-21(14)30-23-10-24(23,22(13)25)15-8-19(26-3)20(27-4)9-18(15)28-11-23/h5-6,8-9,17H,1,7,10-11H2,2-4H3/t17-,23?,24?/m1/s1. The largest absolute Gasteiger partial charge is 0.493 e. The first-order valence-electron chi connectivity index (χ1n) is 10.0. The van der Waals surface area contributed by atoms with Crippen molar-refractivity contribution in [2.45, 2.75) is 36.9 Å². The molecule has 3 heterocycles. The molecule has 6 heteroatoms. The Morgan fingerprint density at radius 2 is 1.93 bits per heavy atom.